The van der Waals surface area contributed by atoms with Gasteiger partial charge in [0.15, 0.2) is 5.16 Å². The number of fused-ring (bicyclic) bond motifs is 1. The van der Waals surface area contributed by atoms with Gasteiger partial charge in [-0.15, -0.1) is 0 Å². The van der Waals surface area contributed by atoms with E-state index in [1.165, 1.54) is 0 Å². The maximum atomic E-state index is 12.7. The van der Waals surface area contributed by atoms with Crippen LogP contribution in [0.1, 0.15) is 22.5 Å². The van der Waals surface area contributed by atoms with Crippen LogP contribution < -0.4 is 4.74 Å². The van der Waals surface area contributed by atoms with Crippen LogP contribution in [0.5, 0.6) is 5.75 Å². The fourth-order valence-corrected chi connectivity index (χ4v) is 3.71. The van der Waals surface area contributed by atoms with Gasteiger partial charge in [0.2, 0.25) is 0 Å². The average Bonchev–Trinajstić information content (AvgIpc) is 3.06. The maximum absolute atomic E-state index is 12.7. The number of halogens is 2. The van der Waals surface area contributed by atoms with Crippen LogP contribution in [0.25, 0.3) is 11.0 Å². The van der Waals surface area contributed by atoms with Gasteiger partial charge in [-0.05, 0) is 32.9 Å². The first-order chi connectivity index (χ1) is 12.0. The van der Waals surface area contributed by atoms with Gasteiger partial charge >= 0.3 is 0 Å². The lowest BCUT2D eigenvalue weighted by molar-refractivity contribution is 0.406. The Bertz CT molecular complexity index is 879. The minimum absolute atomic E-state index is 0.309. The number of hydrogen-bond acceptors (Lipinski definition) is 4. The second-order valence-corrected chi connectivity index (χ2v) is 6.84. The highest BCUT2D eigenvalue weighted by Gasteiger charge is 2.17. The van der Waals surface area contributed by atoms with Crippen LogP contribution in [-0.4, -0.2) is 26.3 Å². The monoisotopic (exact) mass is 583 g/mol. The van der Waals surface area contributed by atoms with E-state index in [1.807, 2.05) is 45.0 Å². The molecule has 3 aromatic rings. The van der Waals surface area contributed by atoms with Crippen molar-refractivity contribution in [1.82, 2.24) is 15.0 Å². The highest BCUT2D eigenvalue weighted by Crippen LogP contribution is 2.28. The van der Waals surface area contributed by atoms with Gasteiger partial charge < -0.3 is 9.72 Å². The zero-order valence-corrected chi connectivity index (χ0v) is 19.5. The highest BCUT2D eigenvalue weighted by molar-refractivity contribution is 15.0. The van der Waals surface area contributed by atoms with E-state index in [4.69, 9.17) is 4.74 Å². The van der Waals surface area contributed by atoms with Crippen molar-refractivity contribution in [3.63, 3.8) is 0 Å². The molecule has 8 heteroatoms. The molecule has 25 heavy (non-hydrogen) atoms. The molecule has 0 amide bonds. The Morgan fingerprint density at radius 2 is 1.80 bits per heavy atom. The van der Waals surface area contributed by atoms with Gasteiger partial charge in [-0.25, -0.2) is 4.98 Å². The highest BCUT2D eigenvalue weighted by atomic mass is 128. The number of aromatic amines is 1. The topological polar surface area (TPSA) is 67.9 Å². The minimum Gasteiger partial charge on any atom is -0.496 e. The molecule has 3 rings (SSSR count). The fourth-order valence-electron chi connectivity index (χ4n) is 2.62. The SMILES string of the molecule is COc1c(C)c(C)nc(CS(=O)c2nc3ccccc3[nH]2)c1C.II. The second-order valence-electron chi connectivity index (χ2n) is 5.48. The molecule has 0 spiro atoms. The molecule has 1 unspecified atom stereocenters. The lowest BCUT2D eigenvalue weighted by Gasteiger charge is -2.14. The Kier molecular flexibility index (Phi) is 7.62. The molecule has 5 nitrogen and oxygen atoms in total. The molecule has 1 N–H and O–H groups in total. The maximum Gasteiger partial charge on any atom is 0.197 e. The van der Waals surface area contributed by atoms with Crippen molar-refractivity contribution in [1.29, 1.82) is 0 Å². The van der Waals surface area contributed by atoms with Gasteiger partial charge in [0.25, 0.3) is 0 Å². The van der Waals surface area contributed by atoms with Gasteiger partial charge in [0, 0.05) is 54.1 Å². The average molecular weight is 583 g/mol. The summed E-state index contributed by atoms with van der Waals surface area (Å²) in [6.07, 6.45) is 0. The predicted molar refractivity (Wildman–Crippen MR) is 119 cm³/mol. The van der Waals surface area contributed by atoms with Crippen molar-refractivity contribution in [3.8, 4) is 5.75 Å². The summed E-state index contributed by atoms with van der Waals surface area (Å²) in [5.74, 6) is 1.12. The third-order valence-electron chi connectivity index (χ3n) is 4.01. The van der Waals surface area contributed by atoms with Crippen LogP contribution in [0.4, 0.5) is 0 Å². The van der Waals surface area contributed by atoms with Crippen molar-refractivity contribution in [2.75, 3.05) is 7.11 Å². The van der Waals surface area contributed by atoms with E-state index < -0.39 is 10.8 Å². The number of para-hydroxylation sites is 2. The molecule has 0 fully saturated rings. The lowest BCUT2D eigenvalue weighted by Crippen LogP contribution is -2.07. The van der Waals surface area contributed by atoms with E-state index in [2.05, 4.69) is 52.2 Å². The number of rotatable bonds is 4. The quantitative estimate of drug-likeness (QED) is 0.441. The van der Waals surface area contributed by atoms with Gasteiger partial charge in [0.05, 0.1) is 40.4 Å². The molecule has 1 aromatic carbocycles. The number of nitrogens with one attached hydrogen (secondary N) is 1. The molecular formula is C17H19I2N3O2S. The Balaban J connectivity index is 0.00000109. The normalized spacial score (nSPS) is 11.8. The van der Waals surface area contributed by atoms with Crippen LogP contribution >= 0.6 is 37.2 Å². The number of aromatic nitrogens is 3. The van der Waals surface area contributed by atoms with Gasteiger partial charge in [-0.2, -0.15) is 0 Å². The Labute approximate surface area is 173 Å². The van der Waals surface area contributed by atoms with E-state index in [0.29, 0.717) is 10.9 Å². The summed E-state index contributed by atoms with van der Waals surface area (Å²) in [7, 11) is 0.360. The molecule has 0 radical (unpaired) electrons. The smallest absolute Gasteiger partial charge is 0.197 e. The fraction of sp³-hybridized carbons (Fsp3) is 0.294. The van der Waals surface area contributed by atoms with Crippen molar-refractivity contribution < 1.29 is 8.95 Å². The Hall–Kier alpha value is -0.750. The summed E-state index contributed by atoms with van der Waals surface area (Å²) < 4.78 is 18.1. The summed E-state index contributed by atoms with van der Waals surface area (Å²) in [6.45, 7) is 5.86. The molecule has 0 saturated carbocycles. The Morgan fingerprint density at radius 1 is 1.12 bits per heavy atom. The molecule has 1 atom stereocenters. The summed E-state index contributed by atoms with van der Waals surface area (Å²) in [5.41, 5.74) is 5.33. The van der Waals surface area contributed by atoms with E-state index >= 15 is 0 Å². The van der Waals surface area contributed by atoms with E-state index in [1.54, 1.807) is 7.11 Å². The number of hydrogen-bond donors (Lipinski definition) is 1. The number of benzene rings is 1. The van der Waals surface area contributed by atoms with Crippen LogP contribution in [0, 0.1) is 20.8 Å². The summed E-state index contributed by atoms with van der Waals surface area (Å²) in [5, 5.41) is 0.476. The number of H-pyrrole nitrogens is 1. The Morgan fingerprint density at radius 3 is 2.44 bits per heavy atom. The summed E-state index contributed by atoms with van der Waals surface area (Å²) in [4.78, 5) is 12.1. The van der Waals surface area contributed by atoms with Crippen LogP contribution in [-0.2, 0) is 16.6 Å². The van der Waals surface area contributed by atoms with Gasteiger partial charge in [-0.1, -0.05) is 12.1 Å². The predicted octanol–water partition coefficient (Wildman–Crippen LogP) is 4.97. The minimum atomic E-state index is -1.29. The van der Waals surface area contributed by atoms with Crippen molar-refractivity contribution in [2.45, 2.75) is 31.7 Å². The van der Waals surface area contributed by atoms with Crippen LogP contribution in [0.15, 0.2) is 29.4 Å². The molecular weight excluding hydrogens is 564 g/mol. The first kappa shape index (κ1) is 20.6. The molecule has 134 valence electrons. The molecule has 0 saturated heterocycles. The molecule has 2 aromatic heterocycles. The zero-order chi connectivity index (χ0) is 18.6. The van der Waals surface area contributed by atoms with E-state index in [0.717, 1.165) is 39.3 Å². The molecule has 0 aliphatic rings. The lowest BCUT2D eigenvalue weighted by atomic mass is 10.1. The number of aryl methyl sites for hydroxylation is 1. The molecule has 0 aliphatic carbocycles. The molecule has 2 heterocycles. The van der Waals surface area contributed by atoms with Crippen LogP contribution in [0.2, 0.25) is 0 Å². The summed E-state index contributed by atoms with van der Waals surface area (Å²) in [6, 6.07) is 7.66. The number of pyridine rings is 1. The van der Waals surface area contributed by atoms with Gasteiger partial charge in [0.1, 0.15) is 5.75 Å². The molecule has 0 aliphatic heterocycles. The van der Waals surface area contributed by atoms with E-state index in [9.17, 15) is 4.21 Å². The third-order valence-corrected chi connectivity index (χ3v) is 5.17. The standard InChI is InChI=1S/C17H19N3O2S.I2/c1-10-12(3)18-15(11(2)16(10)22-4)9-23(21)17-19-13-7-5-6-8-14(13)20-17;1-2/h5-8H,9H2,1-4H3,(H,19,20);. The summed E-state index contributed by atoms with van der Waals surface area (Å²) >= 11 is 4.24. The number of imidazole rings is 1. The van der Waals surface area contributed by atoms with Gasteiger partial charge in [-0.3, -0.25) is 9.19 Å². The second kappa shape index (κ2) is 9.26. The molecule has 0 bridgehead atoms. The largest absolute Gasteiger partial charge is 0.496 e. The van der Waals surface area contributed by atoms with Crippen molar-refractivity contribution in [3.05, 3.63) is 46.8 Å². The number of methoxy groups -OCH3 is 1. The number of nitrogens with zero attached hydrogens (tertiary/aromatic N) is 2. The van der Waals surface area contributed by atoms with E-state index in [-0.39, 0.29) is 0 Å². The first-order valence-electron chi connectivity index (χ1n) is 7.49. The number of ether oxygens (including phenoxy) is 1. The van der Waals surface area contributed by atoms with Crippen molar-refractivity contribution >= 4 is 59.1 Å². The first-order valence-corrected chi connectivity index (χ1v) is 15.1. The van der Waals surface area contributed by atoms with Crippen LogP contribution in [0.3, 0.4) is 0 Å². The third kappa shape index (κ3) is 4.51. The zero-order valence-electron chi connectivity index (χ0n) is 14.4. The van der Waals surface area contributed by atoms with Crippen molar-refractivity contribution in [2.24, 2.45) is 0 Å².